The van der Waals surface area contributed by atoms with E-state index in [4.69, 9.17) is 17.3 Å². The minimum atomic E-state index is -0.992. The van der Waals surface area contributed by atoms with Crippen molar-refractivity contribution in [3.63, 3.8) is 0 Å². The molecular formula is C10H18N2O3S. The van der Waals surface area contributed by atoms with Crippen LogP contribution in [0.25, 0.3) is 0 Å². The van der Waals surface area contributed by atoms with Crippen molar-refractivity contribution in [1.29, 1.82) is 0 Å². The Morgan fingerprint density at radius 1 is 1.31 bits per heavy atom. The Labute approximate surface area is 101 Å². The number of nitrogens with one attached hydrogen (secondary N) is 2. The number of carbonyl (C=O) groups excluding carboxylic acids is 1. The van der Waals surface area contributed by atoms with E-state index in [1.807, 2.05) is 0 Å². The lowest BCUT2D eigenvalue weighted by atomic mass is 10.1. The van der Waals surface area contributed by atoms with Crippen molar-refractivity contribution >= 4 is 29.1 Å². The van der Waals surface area contributed by atoms with Crippen molar-refractivity contribution in [3.8, 4) is 0 Å². The molecule has 0 radical (unpaired) electrons. The van der Waals surface area contributed by atoms with Crippen molar-refractivity contribution in [2.24, 2.45) is 0 Å². The summed E-state index contributed by atoms with van der Waals surface area (Å²) in [5.74, 6) is -1.31. The van der Waals surface area contributed by atoms with Crippen LogP contribution in [0.4, 0.5) is 0 Å². The number of amides is 1. The van der Waals surface area contributed by atoms with E-state index in [0.717, 1.165) is 24.4 Å². The second-order valence-electron chi connectivity index (χ2n) is 3.57. The van der Waals surface area contributed by atoms with E-state index in [2.05, 4.69) is 10.6 Å². The molecule has 1 atom stereocenters. The first-order valence-electron chi connectivity index (χ1n) is 5.18. The molecule has 0 saturated carbocycles. The molecule has 0 aliphatic carbocycles. The Hall–Kier alpha value is -1.17. The molecule has 0 aliphatic heterocycles. The second kappa shape index (κ2) is 8.04. The molecule has 0 aromatic rings. The molecule has 92 valence electrons. The summed E-state index contributed by atoms with van der Waals surface area (Å²) in [6.07, 6.45) is 2.00. The van der Waals surface area contributed by atoms with Gasteiger partial charge in [-0.25, -0.2) is 4.79 Å². The molecule has 0 fully saturated rings. The zero-order valence-electron chi connectivity index (χ0n) is 9.58. The van der Waals surface area contributed by atoms with Gasteiger partial charge in [0.15, 0.2) is 0 Å². The highest BCUT2D eigenvalue weighted by atomic mass is 32.1. The first kappa shape index (κ1) is 14.8. The monoisotopic (exact) mass is 246 g/mol. The minimum absolute atomic E-state index is 0.319. The van der Waals surface area contributed by atoms with Crippen molar-refractivity contribution < 1.29 is 14.7 Å². The van der Waals surface area contributed by atoms with Crippen LogP contribution in [0.3, 0.4) is 0 Å². The highest BCUT2D eigenvalue weighted by Gasteiger charge is 2.17. The molecule has 6 heteroatoms. The summed E-state index contributed by atoms with van der Waals surface area (Å²) in [6.45, 7) is 3.85. The summed E-state index contributed by atoms with van der Waals surface area (Å²) in [4.78, 5) is 22.2. The second-order valence-corrected chi connectivity index (χ2v) is 4.18. The Morgan fingerprint density at radius 2 is 1.94 bits per heavy atom. The average molecular weight is 246 g/mol. The van der Waals surface area contributed by atoms with Gasteiger partial charge < -0.3 is 15.7 Å². The Kier molecular flexibility index (Phi) is 7.45. The van der Waals surface area contributed by atoms with Gasteiger partial charge in [-0.1, -0.05) is 12.2 Å². The number of thiocarbonyl (C=S) groups is 1. The van der Waals surface area contributed by atoms with Gasteiger partial charge in [0.05, 0.1) is 4.99 Å². The summed E-state index contributed by atoms with van der Waals surface area (Å²) >= 11 is 4.83. The largest absolute Gasteiger partial charge is 0.480 e. The number of carbonyl (C=O) groups is 2. The molecule has 0 spiro atoms. The molecule has 0 aliphatic rings. The number of unbranched alkanes of at least 4 members (excludes halogenated alkanes) is 1. The van der Waals surface area contributed by atoms with E-state index in [0.29, 0.717) is 6.42 Å². The van der Waals surface area contributed by atoms with E-state index in [1.165, 1.54) is 6.92 Å². The van der Waals surface area contributed by atoms with Crippen LogP contribution in [-0.4, -0.2) is 34.6 Å². The van der Waals surface area contributed by atoms with Crippen LogP contribution in [-0.2, 0) is 9.59 Å². The molecule has 0 heterocycles. The van der Waals surface area contributed by atoms with Gasteiger partial charge in [0.2, 0.25) is 5.91 Å². The first-order valence-corrected chi connectivity index (χ1v) is 5.58. The molecule has 0 aromatic heterocycles. The topological polar surface area (TPSA) is 78.4 Å². The van der Waals surface area contributed by atoms with Crippen molar-refractivity contribution in [1.82, 2.24) is 10.6 Å². The lowest BCUT2D eigenvalue weighted by Crippen LogP contribution is -2.39. The van der Waals surface area contributed by atoms with E-state index in [9.17, 15) is 9.59 Å². The van der Waals surface area contributed by atoms with Gasteiger partial charge in [0, 0.05) is 13.5 Å². The summed E-state index contributed by atoms with van der Waals surface area (Å²) in [5, 5.41) is 14.2. The van der Waals surface area contributed by atoms with Crippen molar-refractivity contribution in [3.05, 3.63) is 0 Å². The van der Waals surface area contributed by atoms with Gasteiger partial charge >= 0.3 is 5.97 Å². The van der Waals surface area contributed by atoms with Gasteiger partial charge in [-0.3, -0.25) is 4.79 Å². The summed E-state index contributed by atoms with van der Waals surface area (Å²) in [6, 6.07) is -0.786. The fourth-order valence-corrected chi connectivity index (χ4v) is 1.34. The third-order valence-electron chi connectivity index (χ3n) is 1.97. The van der Waals surface area contributed by atoms with Crippen LogP contribution >= 0.6 is 12.2 Å². The summed E-state index contributed by atoms with van der Waals surface area (Å²) < 4.78 is 0. The van der Waals surface area contributed by atoms with Crippen LogP contribution < -0.4 is 10.6 Å². The summed E-state index contributed by atoms with van der Waals surface area (Å²) in [5.41, 5.74) is 0. The van der Waals surface area contributed by atoms with Gasteiger partial charge in [0.1, 0.15) is 6.04 Å². The molecule has 0 rings (SSSR count). The molecule has 0 aromatic carbocycles. The van der Waals surface area contributed by atoms with Crippen molar-refractivity contribution in [2.45, 2.75) is 39.2 Å². The number of hydrogen-bond donors (Lipinski definition) is 3. The normalized spacial score (nSPS) is 11.6. The fraction of sp³-hybridized carbons (Fsp3) is 0.700. The van der Waals surface area contributed by atoms with Crippen LogP contribution in [0.15, 0.2) is 0 Å². The molecule has 3 N–H and O–H groups in total. The fourth-order valence-electron chi connectivity index (χ4n) is 1.24. The Balaban J connectivity index is 3.72. The van der Waals surface area contributed by atoms with Gasteiger partial charge in [-0.15, -0.1) is 0 Å². The summed E-state index contributed by atoms with van der Waals surface area (Å²) in [7, 11) is 0. The van der Waals surface area contributed by atoms with Crippen LogP contribution in [0.2, 0.25) is 0 Å². The smallest absolute Gasteiger partial charge is 0.326 e. The van der Waals surface area contributed by atoms with Crippen LogP contribution in [0, 0.1) is 0 Å². The van der Waals surface area contributed by atoms with Crippen molar-refractivity contribution in [2.75, 3.05) is 6.54 Å². The Morgan fingerprint density at radius 3 is 2.38 bits per heavy atom. The number of aliphatic carboxylic acids is 1. The van der Waals surface area contributed by atoms with Gasteiger partial charge in [0.25, 0.3) is 0 Å². The lowest BCUT2D eigenvalue weighted by Gasteiger charge is -2.12. The van der Waals surface area contributed by atoms with E-state index in [-0.39, 0.29) is 5.91 Å². The number of carboxylic acids is 1. The first-order chi connectivity index (χ1) is 7.43. The minimum Gasteiger partial charge on any atom is -0.480 e. The van der Waals surface area contributed by atoms with Gasteiger partial charge in [-0.2, -0.15) is 0 Å². The third-order valence-corrected chi connectivity index (χ3v) is 2.11. The molecule has 0 unspecified atom stereocenters. The maximum absolute atomic E-state index is 10.8. The maximum Gasteiger partial charge on any atom is 0.326 e. The third kappa shape index (κ3) is 8.16. The molecule has 1 amide bonds. The number of hydrogen-bond acceptors (Lipinski definition) is 3. The predicted molar refractivity (Wildman–Crippen MR) is 65.4 cm³/mol. The predicted octanol–water partition coefficient (Wildman–Crippen LogP) is 0.683. The molecule has 0 bridgehead atoms. The van der Waals surface area contributed by atoms with E-state index >= 15 is 0 Å². The van der Waals surface area contributed by atoms with Gasteiger partial charge in [-0.05, 0) is 26.2 Å². The lowest BCUT2D eigenvalue weighted by molar-refractivity contribution is -0.141. The SMILES string of the molecule is CC(=O)N[C@@H](CCCCNC(C)=S)C(=O)O. The highest BCUT2D eigenvalue weighted by Crippen LogP contribution is 2.01. The number of rotatable bonds is 7. The standard InChI is InChI=1S/C10H18N2O3S/c1-7(13)12-9(10(14)15)5-3-4-6-11-8(2)16/h9H,3-6H2,1-2H3,(H,11,16)(H,12,13)(H,14,15)/t9-/m0/s1. The molecule has 0 saturated heterocycles. The zero-order valence-corrected chi connectivity index (χ0v) is 10.4. The molecule has 16 heavy (non-hydrogen) atoms. The quantitative estimate of drug-likeness (QED) is 0.455. The zero-order chi connectivity index (χ0) is 12.6. The van der Waals surface area contributed by atoms with Crippen LogP contribution in [0.1, 0.15) is 33.1 Å². The number of carboxylic acid groups (broad SMARTS) is 1. The van der Waals surface area contributed by atoms with E-state index in [1.54, 1.807) is 6.92 Å². The maximum atomic E-state index is 10.8. The highest BCUT2D eigenvalue weighted by molar-refractivity contribution is 7.80. The molecule has 5 nitrogen and oxygen atoms in total. The van der Waals surface area contributed by atoms with E-state index < -0.39 is 12.0 Å². The average Bonchev–Trinajstić information content (AvgIpc) is 2.14. The van der Waals surface area contributed by atoms with Crippen LogP contribution in [0.5, 0.6) is 0 Å². The Bertz CT molecular complexity index is 269. The molecular weight excluding hydrogens is 228 g/mol.